The average Bonchev–Trinajstić information content (AvgIpc) is 3.69. The van der Waals surface area contributed by atoms with Gasteiger partial charge >= 0.3 is 5.97 Å². The second kappa shape index (κ2) is 12.3. The molecular formula is C40H45N3O4. The SMILES string of the molecule is CC1(CCCCCC(=O)ON2C(=O)CCC2=O)C(/C=C/C=C/C=C2\N3CCCc4cccc(c43)C2(C)C)=CN2CCc3cccc1c32. The number of para-hydroxylation sites is 2. The first-order valence-electron chi connectivity index (χ1n) is 17.3. The molecule has 5 heterocycles. The van der Waals surface area contributed by atoms with Crippen molar-refractivity contribution in [3.63, 3.8) is 0 Å². The molecule has 1 unspecified atom stereocenters. The molecule has 0 radical (unpaired) electrons. The van der Waals surface area contributed by atoms with Crippen LogP contribution < -0.4 is 9.80 Å². The van der Waals surface area contributed by atoms with Crippen LogP contribution in [0.1, 0.15) is 94.4 Å². The summed E-state index contributed by atoms with van der Waals surface area (Å²) in [7, 11) is 0. The maximum absolute atomic E-state index is 12.3. The Morgan fingerprint density at radius 1 is 0.830 bits per heavy atom. The van der Waals surface area contributed by atoms with Crippen LogP contribution >= 0.6 is 0 Å². The Bertz CT molecular complexity index is 1730. The molecule has 0 aliphatic carbocycles. The molecule has 7 rings (SSSR count). The van der Waals surface area contributed by atoms with Gasteiger partial charge in [0.05, 0.1) is 0 Å². The fourth-order valence-electron chi connectivity index (χ4n) is 8.30. The average molecular weight is 632 g/mol. The van der Waals surface area contributed by atoms with Crippen LogP contribution in [0.4, 0.5) is 11.4 Å². The van der Waals surface area contributed by atoms with Crippen molar-refractivity contribution in [2.75, 3.05) is 22.9 Å². The Kier molecular flexibility index (Phi) is 8.19. The Morgan fingerprint density at radius 2 is 1.57 bits per heavy atom. The first kappa shape index (κ1) is 31.2. The number of hydroxylamine groups is 2. The fraction of sp³-hybridized carbons (Fsp3) is 0.425. The summed E-state index contributed by atoms with van der Waals surface area (Å²) in [4.78, 5) is 45.9. The summed E-state index contributed by atoms with van der Waals surface area (Å²) in [5.41, 5.74) is 11.0. The summed E-state index contributed by atoms with van der Waals surface area (Å²) >= 11 is 0. The smallest absolute Gasteiger partial charge is 0.333 e. The van der Waals surface area contributed by atoms with Crippen molar-refractivity contribution in [2.45, 2.75) is 95.8 Å². The minimum atomic E-state index is -0.523. The van der Waals surface area contributed by atoms with E-state index < -0.39 is 17.8 Å². The number of rotatable bonds is 10. The van der Waals surface area contributed by atoms with Gasteiger partial charge in [-0.1, -0.05) is 94.3 Å². The molecule has 1 atom stereocenters. The van der Waals surface area contributed by atoms with Crippen LogP contribution in [-0.2, 0) is 42.9 Å². The fourth-order valence-corrected chi connectivity index (χ4v) is 8.30. The van der Waals surface area contributed by atoms with Crippen molar-refractivity contribution in [1.29, 1.82) is 0 Å². The summed E-state index contributed by atoms with van der Waals surface area (Å²) in [5, 5.41) is 0.637. The number of carbonyl (C=O) groups excluding carboxylic acids is 3. The van der Waals surface area contributed by atoms with Gasteiger partial charge in [0.1, 0.15) is 0 Å². The summed E-state index contributed by atoms with van der Waals surface area (Å²) < 4.78 is 0. The molecular weight excluding hydrogens is 586 g/mol. The van der Waals surface area contributed by atoms with E-state index in [1.807, 2.05) is 0 Å². The Morgan fingerprint density at radius 3 is 2.36 bits per heavy atom. The summed E-state index contributed by atoms with van der Waals surface area (Å²) in [6, 6.07) is 13.5. The Balaban J connectivity index is 1.04. The molecule has 2 amide bonds. The van der Waals surface area contributed by atoms with Gasteiger partial charge in [0.25, 0.3) is 11.8 Å². The summed E-state index contributed by atoms with van der Waals surface area (Å²) in [6.07, 6.45) is 20.6. The number of hydrogen-bond acceptors (Lipinski definition) is 6. The minimum Gasteiger partial charge on any atom is -0.347 e. The van der Waals surface area contributed by atoms with Crippen LogP contribution in [0.5, 0.6) is 0 Å². The molecule has 1 fully saturated rings. The van der Waals surface area contributed by atoms with Crippen molar-refractivity contribution in [3.8, 4) is 0 Å². The second-order valence-corrected chi connectivity index (χ2v) is 14.3. The lowest BCUT2D eigenvalue weighted by Crippen LogP contribution is -2.33. The van der Waals surface area contributed by atoms with Gasteiger partial charge in [0.2, 0.25) is 0 Å². The molecule has 2 aromatic carbocycles. The summed E-state index contributed by atoms with van der Waals surface area (Å²) in [6.45, 7) is 9.11. The van der Waals surface area contributed by atoms with Gasteiger partial charge < -0.3 is 14.6 Å². The van der Waals surface area contributed by atoms with Crippen molar-refractivity contribution in [2.24, 2.45) is 0 Å². The lowest BCUT2D eigenvalue weighted by molar-refractivity contribution is -0.197. The van der Waals surface area contributed by atoms with Crippen LogP contribution in [0.3, 0.4) is 0 Å². The number of benzene rings is 2. The predicted molar refractivity (Wildman–Crippen MR) is 185 cm³/mol. The number of unbranched alkanes of at least 4 members (excludes halogenated alkanes) is 2. The molecule has 244 valence electrons. The molecule has 5 aliphatic heterocycles. The van der Waals surface area contributed by atoms with Crippen molar-refractivity contribution < 1.29 is 19.2 Å². The molecule has 7 nitrogen and oxygen atoms in total. The van der Waals surface area contributed by atoms with Gasteiger partial charge in [0, 0.05) is 66.5 Å². The van der Waals surface area contributed by atoms with E-state index in [-0.39, 0.29) is 30.1 Å². The van der Waals surface area contributed by atoms with E-state index in [4.69, 9.17) is 4.84 Å². The maximum Gasteiger partial charge on any atom is 0.333 e. The zero-order valence-corrected chi connectivity index (χ0v) is 27.9. The quantitative estimate of drug-likeness (QED) is 0.154. The van der Waals surface area contributed by atoms with E-state index in [1.54, 1.807) is 0 Å². The van der Waals surface area contributed by atoms with E-state index in [9.17, 15) is 14.4 Å². The van der Waals surface area contributed by atoms with Gasteiger partial charge in [0.15, 0.2) is 0 Å². The zero-order valence-electron chi connectivity index (χ0n) is 27.9. The van der Waals surface area contributed by atoms with Crippen LogP contribution in [0.25, 0.3) is 0 Å². The molecule has 47 heavy (non-hydrogen) atoms. The number of allylic oxidation sites excluding steroid dienone is 7. The van der Waals surface area contributed by atoms with Crippen LogP contribution in [0.2, 0.25) is 0 Å². The summed E-state index contributed by atoms with van der Waals surface area (Å²) in [5.74, 6) is -1.40. The maximum atomic E-state index is 12.3. The number of carbonyl (C=O) groups is 3. The largest absolute Gasteiger partial charge is 0.347 e. The molecule has 0 spiro atoms. The topological polar surface area (TPSA) is 70.2 Å². The first-order chi connectivity index (χ1) is 22.7. The normalized spacial score (nSPS) is 23.3. The number of imide groups is 1. The highest BCUT2D eigenvalue weighted by atomic mass is 16.7. The van der Waals surface area contributed by atoms with Crippen molar-refractivity contribution >= 4 is 29.2 Å². The number of aryl methyl sites for hydroxylation is 1. The Labute approximate surface area is 278 Å². The van der Waals surface area contributed by atoms with Gasteiger partial charge in [-0.05, 0) is 66.0 Å². The lowest BCUT2D eigenvalue weighted by Gasteiger charge is -2.40. The van der Waals surface area contributed by atoms with E-state index in [0.717, 1.165) is 45.2 Å². The minimum absolute atomic E-state index is 0.0227. The van der Waals surface area contributed by atoms with E-state index in [2.05, 4.69) is 104 Å². The van der Waals surface area contributed by atoms with Gasteiger partial charge in [-0.3, -0.25) is 9.59 Å². The molecule has 0 saturated carbocycles. The first-order valence-corrected chi connectivity index (χ1v) is 17.3. The molecule has 1 saturated heterocycles. The predicted octanol–water partition coefficient (Wildman–Crippen LogP) is 7.50. The molecule has 2 aromatic rings. The van der Waals surface area contributed by atoms with E-state index in [0.29, 0.717) is 11.5 Å². The van der Waals surface area contributed by atoms with Crippen LogP contribution in [-0.4, -0.2) is 35.9 Å². The Hall–Kier alpha value is -4.39. The second-order valence-electron chi connectivity index (χ2n) is 14.3. The number of nitrogens with zero attached hydrogens (tertiary/aromatic N) is 3. The highest BCUT2D eigenvalue weighted by Gasteiger charge is 2.42. The lowest BCUT2D eigenvalue weighted by atomic mass is 9.69. The van der Waals surface area contributed by atoms with E-state index >= 15 is 0 Å². The monoisotopic (exact) mass is 631 g/mol. The van der Waals surface area contributed by atoms with Crippen molar-refractivity contribution in [1.82, 2.24) is 5.06 Å². The third-order valence-corrected chi connectivity index (χ3v) is 10.9. The van der Waals surface area contributed by atoms with Crippen molar-refractivity contribution in [3.05, 3.63) is 107 Å². The molecule has 7 heteroatoms. The molecule has 0 aromatic heterocycles. The third kappa shape index (κ3) is 5.53. The van der Waals surface area contributed by atoms with Gasteiger partial charge in [-0.2, -0.15) is 0 Å². The molecule has 0 bridgehead atoms. The van der Waals surface area contributed by atoms with Gasteiger partial charge in [-0.25, -0.2) is 4.79 Å². The highest BCUT2D eigenvalue weighted by Crippen LogP contribution is 2.51. The zero-order chi connectivity index (χ0) is 32.8. The molecule has 0 N–H and O–H groups in total. The number of hydrogen-bond donors (Lipinski definition) is 0. The third-order valence-electron chi connectivity index (χ3n) is 10.9. The standard InChI is InChI=1S/C40H45N3O4/c1-39(2)31-17-10-13-28-15-12-25-42(38(28)31)33(39)19-7-4-6-16-30-27-41-26-23-29-14-11-18-32(37(29)41)40(30,3)24-9-5-8-20-36(46)47-43-34(44)21-22-35(43)45/h4,6-7,10-11,13-14,16-19,27H,5,8-9,12,15,20-26H2,1-3H3/b7-4+,16-6+,33-19-. The van der Waals surface area contributed by atoms with Gasteiger partial charge in [-0.15, -0.1) is 5.06 Å². The van der Waals surface area contributed by atoms with E-state index in [1.165, 1.54) is 51.3 Å². The van der Waals surface area contributed by atoms with Crippen LogP contribution in [0, 0.1) is 0 Å². The van der Waals surface area contributed by atoms with Crippen LogP contribution in [0.15, 0.2) is 84.2 Å². The number of anilines is 2. The number of amides is 2. The molecule has 5 aliphatic rings. The highest BCUT2D eigenvalue weighted by molar-refractivity contribution is 6.01.